The number of hydrogen-bond acceptors (Lipinski definition) is 3. The van der Waals surface area contributed by atoms with Crippen LogP contribution in [0.15, 0.2) is 29.1 Å². The standard InChI is InChI=1S/C14H12FN3O/c1-9-10(2)17-18(14(19)13(9)7-16)8-11-4-3-5-12(15)6-11/h3-6H,8H2,1-2H3. The molecule has 96 valence electrons. The third-order valence-electron chi connectivity index (χ3n) is 2.97. The molecule has 0 atom stereocenters. The van der Waals surface area contributed by atoms with Crippen LogP contribution in [-0.4, -0.2) is 9.78 Å². The lowest BCUT2D eigenvalue weighted by Gasteiger charge is -2.09. The van der Waals surface area contributed by atoms with Crippen molar-refractivity contribution in [2.45, 2.75) is 20.4 Å². The Bertz CT molecular complexity index is 728. The Labute approximate surface area is 109 Å². The lowest BCUT2D eigenvalue weighted by molar-refractivity contribution is 0.604. The predicted octanol–water partition coefficient (Wildman–Crippen LogP) is 1.92. The molecule has 2 aromatic rings. The quantitative estimate of drug-likeness (QED) is 0.825. The van der Waals surface area contributed by atoms with Gasteiger partial charge in [-0.25, -0.2) is 9.07 Å². The highest BCUT2D eigenvalue weighted by atomic mass is 19.1. The van der Waals surface area contributed by atoms with Gasteiger partial charge >= 0.3 is 0 Å². The smallest absolute Gasteiger partial charge is 0.266 e. The van der Waals surface area contributed by atoms with Crippen molar-refractivity contribution in [2.75, 3.05) is 0 Å². The number of benzene rings is 1. The molecule has 0 saturated carbocycles. The van der Waals surface area contributed by atoms with Crippen LogP contribution in [0.25, 0.3) is 0 Å². The lowest BCUT2D eigenvalue weighted by Crippen LogP contribution is -2.28. The molecule has 1 aromatic heterocycles. The normalized spacial score (nSPS) is 10.2. The first kappa shape index (κ1) is 13.0. The van der Waals surface area contributed by atoms with Gasteiger partial charge in [-0.3, -0.25) is 4.79 Å². The number of halogens is 1. The number of nitriles is 1. The fraction of sp³-hybridized carbons (Fsp3) is 0.214. The molecule has 2 rings (SSSR count). The van der Waals surface area contributed by atoms with Crippen LogP contribution < -0.4 is 5.56 Å². The van der Waals surface area contributed by atoms with Crippen LogP contribution in [0.2, 0.25) is 0 Å². The summed E-state index contributed by atoms with van der Waals surface area (Å²) in [6, 6.07) is 7.85. The summed E-state index contributed by atoms with van der Waals surface area (Å²) < 4.78 is 14.3. The maximum absolute atomic E-state index is 13.1. The summed E-state index contributed by atoms with van der Waals surface area (Å²) in [5, 5.41) is 13.1. The Morgan fingerprint density at radius 3 is 2.79 bits per heavy atom. The van der Waals surface area contributed by atoms with Gasteiger partial charge in [0.05, 0.1) is 12.2 Å². The number of nitrogens with zero attached hydrogens (tertiary/aromatic N) is 3. The van der Waals surface area contributed by atoms with Gasteiger partial charge < -0.3 is 0 Å². The zero-order valence-electron chi connectivity index (χ0n) is 10.6. The van der Waals surface area contributed by atoms with Gasteiger partial charge in [0.15, 0.2) is 0 Å². The van der Waals surface area contributed by atoms with Crippen LogP contribution in [0, 0.1) is 31.0 Å². The zero-order chi connectivity index (χ0) is 14.0. The molecule has 0 unspecified atom stereocenters. The summed E-state index contributed by atoms with van der Waals surface area (Å²) >= 11 is 0. The first-order valence-corrected chi connectivity index (χ1v) is 5.76. The molecule has 0 bridgehead atoms. The highest BCUT2D eigenvalue weighted by Crippen LogP contribution is 2.07. The van der Waals surface area contributed by atoms with Crippen LogP contribution in [-0.2, 0) is 6.54 Å². The lowest BCUT2D eigenvalue weighted by atomic mass is 10.1. The Hall–Kier alpha value is -2.48. The van der Waals surface area contributed by atoms with E-state index in [4.69, 9.17) is 5.26 Å². The molecule has 4 nitrogen and oxygen atoms in total. The average Bonchev–Trinajstić information content (AvgIpc) is 2.37. The summed E-state index contributed by atoms with van der Waals surface area (Å²) in [6.45, 7) is 3.57. The Morgan fingerprint density at radius 1 is 1.42 bits per heavy atom. The molecule has 0 fully saturated rings. The van der Waals surface area contributed by atoms with E-state index in [0.29, 0.717) is 16.8 Å². The molecule has 1 aromatic carbocycles. The van der Waals surface area contributed by atoms with E-state index in [-0.39, 0.29) is 17.9 Å². The van der Waals surface area contributed by atoms with Gasteiger partial charge in [0.1, 0.15) is 17.4 Å². The van der Waals surface area contributed by atoms with Gasteiger partial charge in [-0.1, -0.05) is 12.1 Å². The van der Waals surface area contributed by atoms with Gasteiger partial charge in [-0.2, -0.15) is 10.4 Å². The van der Waals surface area contributed by atoms with E-state index in [1.807, 2.05) is 6.07 Å². The number of aromatic nitrogens is 2. The van der Waals surface area contributed by atoms with E-state index in [0.717, 1.165) is 0 Å². The molecule has 0 aliphatic carbocycles. The van der Waals surface area contributed by atoms with E-state index in [1.54, 1.807) is 26.0 Å². The van der Waals surface area contributed by atoms with E-state index in [1.165, 1.54) is 16.8 Å². The van der Waals surface area contributed by atoms with Crippen molar-refractivity contribution in [2.24, 2.45) is 0 Å². The van der Waals surface area contributed by atoms with Crippen molar-refractivity contribution in [3.8, 4) is 6.07 Å². The number of rotatable bonds is 2. The van der Waals surface area contributed by atoms with Crippen LogP contribution in [0.4, 0.5) is 4.39 Å². The van der Waals surface area contributed by atoms with E-state index in [2.05, 4.69) is 5.10 Å². The molecule has 0 amide bonds. The van der Waals surface area contributed by atoms with Crippen molar-refractivity contribution in [3.05, 3.63) is 62.8 Å². The molecule has 5 heteroatoms. The molecule has 0 saturated heterocycles. The SMILES string of the molecule is Cc1nn(Cc2cccc(F)c2)c(=O)c(C#N)c1C. The molecule has 0 radical (unpaired) electrons. The van der Waals surface area contributed by atoms with Gasteiger partial charge in [-0.15, -0.1) is 0 Å². The molecule has 1 heterocycles. The minimum absolute atomic E-state index is 0.0869. The minimum Gasteiger partial charge on any atom is -0.266 e. The van der Waals surface area contributed by atoms with E-state index in [9.17, 15) is 9.18 Å². The van der Waals surface area contributed by atoms with Crippen LogP contribution in [0.1, 0.15) is 22.4 Å². The van der Waals surface area contributed by atoms with Crippen molar-refractivity contribution in [1.29, 1.82) is 5.26 Å². The minimum atomic E-state index is -0.449. The second-order valence-corrected chi connectivity index (χ2v) is 4.29. The van der Waals surface area contributed by atoms with Crippen molar-refractivity contribution in [1.82, 2.24) is 9.78 Å². The summed E-state index contributed by atoms with van der Waals surface area (Å²) in [5.41, 5.74) is 1.47. The van der Waals surface area contributed by atoms with Crippen LogP contribution in [0.3, 0.4) is 0 Å². The molecule has 0 spiro atoms. The summed E-state index contributed by atoms with van der Waals surface area (Å²) in [5.74, 6) is -0.366. The molecule has 19 heavy (non-hydrogen) atoms. The van der Waals surface area contributed by atoms with Crippen LogP contribution in [0.5, 0.6) is 0 Å². The van der Waals surface area contributed by atoms with Gasteiger partial charge in [0.2, 0.25) is 0 Å². The van der Waals surface area contributed by atoms with Gasteiger partial charge in [-0.05, 0) is 37.1 Å². The Morgan fingerprint density at radius 2 is 2.16 bits per heavy atom. The first-order chi connectivity index (χ1) is 9.02. The van der Waals surface area contributed by atoms with Gasteiger partial charge in [0, 0.05) is 0 Å². The summed E-state index contributed by atoms with van der Waals surface area (Å²) in [6.07, 6.45) is 0. The number of aryl methyl sites for hydroxylation is 1. The highest BCUT2D eigenvalue weighted by molar-refractivity contribution is 5.36. The molecule has 0 N–H and O–H groups in total. The molecule has 0 aliphatic rings. The van der Waals surface area contributed by atoms with Gasteiger partial charge in [0.25, 0.3) is 5.56 Å². The third kappa shape index (κ3) is 2.52. The second-order valence-electron chi connectivity index (χ2n) is 4.29. The Balaban J connectivity index is 2.50. The fourth-order valence-electron chi connectivity index (χ4n) is 1.82. The number of hydrogen-bond donors (Lipinski definition) is 0. The maximum Gasteiger partial charge on any atom is 0.285 e. The largest absolute Gasteiger partial charge is 0.285 e. The van der Waals surface area contributed by atoms with E-state index < -0.39 is 5.56 Å². The second kappa shape index (κ2) is 5.02. The third-order valence-corrected chi connectivity index (χ3v) is 2.97. The zero-order valence-corrected chi connectivity index (χ0v) is 10.6. The monoisotopic (exact) mass is 257 g/mol. The molecule has 0 aliphatic heterocycles. The van der Waals surface area contributed by atoms with Crippen molar-refractivity contribution in [3.63, 3.8) is 0 Å². The van der Waals surface area contributed by atoms with Crippen LogP contribution >= 0.6 is 0 Å². The van der Waals surface area contributed by atoms with Crippen molar-refractivity contribution >= 4 is 0 Å². The maximum atomic E-state index is 13.1. The fourth-order valence-corrected chi connectivity index (χ4v) is 1.82. The Kier molecular flexibility index (Phi) is 3.43. The first-order valence-electron chi connectivity index (χ1n) is 5.76. The van der Waals surface area contributed by atoms with Crippen molar-refractivity contribution < 1.29 is 4.39 Å². The molecular formula is C14H12FN3O. The average molecular weight is 257 g/mol. The summed E-state index contributed by atoms with van der Waals surface area (Å²) in [7, 11) is 0. The van der Waals surface area contributed by atoms with E-state index >= 15 is 0 Å². The topological polar surface area (TPSA) is 58.7 Å². The predicted molar refractivity (Wildman–Crippen MR) is 68.2 cm³/mol. The summed E-state index contributed by atoms with van der Waals surface area (Å²) in [4.78, 5) is 12.0. The highest BCUT2D eigenvalue weighted by Gasteiger charge is 2.11. The molecular weight excluding hydrogens is 245 g/mol.